The van der Waals surface area contributed by atoms with Crippen molar-refractivity contribution in [3.05, 3.63) is 58.0 Å². The topological polar surface area (TPSA) is 90.4 Å². The highest BCUT2D eigenvalue weighted by molar-refractivity contribution is 5.93. The first-order chi connectivity index (χ1) is 17.7. The van der Waals surface area contributed by atoms with Gasteiger partial charge in [-0.05, 0) is 37.5 Å². The highest BCUT2D eigenvalue weighted by Crippen LogP contribution is 2.34. The fraction of sp³-hybridized carbons (Fsp3) is 0.500. The zero-order valence-corrected chi connectivity index (χ0v) is 22.7. The number of carbonyl (C=O) groups is 1. The summed E-state index contributed by atoms with van der Waals surface area (Å²) in [4.78, 5) is 31.7. The maximum atomic E-state index is 12.9. The number of rotatable bonds is 7. The van der Waals surface area contributed by atoms with Gasteiger partial charge in [0.05, 0.1) is 23.5 Å². The van der Waals surface area contributed by atoms with Crippen LogP contribution in [0.3, 0.4) is 0 Å². The van der Waals surface area contributed by atoms with Crippen LogP contribution in [0.15, 0.2) is 41.3 Å². The Hall–Kier alpha value is -3.64. The predicted octanol–water partition coefficient (Wildman–Crippen LogP) is 3.40. The first-order valence-electron chi connectivity index (χ1n) is 13.0. The highest BCUT2D eigenvalue weighted by atomic mass is 16.2. The second kappa shape index (κ2) is 10.8. The van der Waals surface area contributed by atoms with Crippen molar-refractivity contribution in [2.45, 2.75) is 58.3 Å². The van der Waals surface area contributed by atoms with Crippen molar-refractivity contribution in [2.75, 3.05) is 32.1 Å². The molecule has 0 bridgehead atoms. The van der Waals surface area contributed by atoms with Gasteiger partial charge in [0.2, 0.25) is 0 Å². The minimum atomic E-state index is -0.0786. The largest absolute Gasteiger partial charge is 0.364 e. The number of hydrogen-bond acceptors (Lipinski definition) is 6. The lowest BCUT2D eigenvalue weighted by Gasteiger charge is -2.49. The molecule has 2 aromatic heterocycles. The summed E-state index contributed by atoms with van der Waals surface area (Å²) in [5.41, 5.74) is 4.14. The van der Waals surface area contributed by atoms with Gasteiger partial charge in [0, 0.05) is 64.0 Å². The fourth-order valence-corrected chi connectivity index (χ4v) is 5.42. The van der Waals surface area contributed by atoms with Crippen LogP contribution in [-0.4, -0.2) is 69.3 Å². The Morgan fingerprint density at radius 1 is 1.16 bits per heavy atom. The summed E-state index contributed by atoms with van der Waals surface area (Å²) >= 11 is 0. The maximum Gasteiger partial charge on any atom is 0.253 e. The lowest BCUT2D eigenvalue weighted by molar-refractivity contribution is 0.0827. The van der Waals surface area contributed by atoms with E-state index in [1.54, 1.807) is 47.6 Å². The van der Waals surface area contributed by atoms with E-state index in [1.807, 2.05) is 12.1 Å². The SMILES string of the molecule is CC[C@H]1CN(C(C)c2ccc(C(=O)N(C)C)cc2)[C@H](CC)CN1c1cc(=O)n(C)c2cn(CC#N)nc12. The minimum absolute atomic E-state index is 0.00262. The van der Waals surface area contributed by atoms with Crippen LogP contribution >= 0.6 is 0 Å². The van der Waals surface area contributed by atoms with Gasteiger partial charge in [0.1, 0.15) is 12.1 Å². The zero-order chi connectivity index (χ0) is 26.9. The molecule has 4 rings (SSSR count). The summed E-state index contributed by atoms with van der Waals surface area (Å²) in [5, 5.41) is 13.8. The Balaban J connectivity index is 1.66. The second-order valence-electron chi connectivity index (χ2n) is 10.1. The van der Waals surface area contributed by atoms with E-state index in [4.69, 9.17) is 5.26 Å². The van der Waals surface area contributed by atoms with E-state index in [0.29, 0.717) is 5.56 Å². The molecule has 0 radical (unpaired) electrons. The number of hydrogen-bond donors (Lipinski definition) is 0. The number of carbonyl (C=O) groups excluding carboxylic acids is 1. The number of amides is 1. The van der Waals surface area contributed by atoms with Gasteiger partial charge in [-0.1, -0.05) is 26.0 Å². The molecule has 1 amide bonds. The molecule has 9 nitrogen and oxygen atoms in total. The van der Waals surface area contributed by atoms with Crippen LogP contribution in [0.4, 0.5) is 5.69 Å². The van der Waals surface area contributed by atoms with Gasteiger partial charge >= 0.3 is 0 Å². The van der Waals surface area contributed by atoms with Gasteiger partial charge in [0.25, 0.3) is 11.5 Å². The van der Waals surface area contributed by atoms with Crippen LogP contribution in [0.25, 0.3) is 11.0 Å². The number of benzene rings is 1. The highest BCUT2D eigenvalue weighted by Gasteiger charge is 2.36. The van der Waals surface area contributed by atoms with Crippen molar-refractivity contribution in [1.82, 2.24) is 24.1 Å². The number of aromatic nitrogens is 3. The van der Waals surface area contributed by atoms with Crippen LogP contribution in [0.5, 0.6) is 0 Å². The Kier molecular flexibility index (Phi) is 7.69. The molecule has 9 heteroatoms. The van der Waals surface area contributed by atoms with Gasteiger partial charge in [-0.2, -0.15) is 10.4 Å². The molecule has 1 unspecified atom stereocenters. The Morgan fingerprint density at radius 3 is 2.43 bits per heavy atom. The minimum Gasteiger partial charge on any atom is -0.364 e. The van der Waals surface area contributed by atoms with E-state index in [2.05, 4.69) is 53.9 Å². The molecule has 1 fully saturated rings. The van der Waals surface area contributed by atoms with Crippen molar-refractivity contribution in [3.63, 3.8) is 0 Å². The molecule has 196 valence electrons. The van der Waals surface area contributed by atoms with E-state index >= 15 is 0 Å². The van der Waals surface area contributed by atoms with Crippen molar-refractivity contribution >= 4 is 22.6 Å². The van der Waals surface area contributed by atoms with E-state index in [-0.39, 0.29) is 36.1 Å². The Bertz CT molecular complexity index is 1370. The number of fused-ring (bicyclic) bond motifs is 1. The average Bonchev–Trinajstić information content (AvgIpc) is 3.33. The van der Waals surface area contributed by atoms with Crippen LogP contribution in [0.1, 0.15) is 55.6 Å². The van der Waals surface area contributed by atoms with Gasteiger partial charge < -0.3 is 14.4 Å². The molecule has 1 aromatic carbocycles. The molecule has 1 aliphatic heterocycles. The van der Waals surface area contributed by atoms with Gasteiger partial charge in [-0.25, -0.2) is 0 Å². The number of anilines is 1. The second-order valence-corrected chi connectivity index (χ2v) is 10.1. The van der Waals surface area contributed by atoms with Crippen LogP contribution in [-0.2, 0) is 13.6 Å². The number of nitrogens with zero attached hydrogens (tertiary/aromatic N) is 7. The van der Waals surface area contributed by atoms with Crippen LogP contribution in [0.2, 0.25) is 0 Å². The van der Waals surface area contributed by atoms with E-state index in [0.717, 1.165) is 42.7 Å². The molecular formula is C28H37N7O2. The van der Waals surface area contributed by atoms with Crippen LogP contribution in [0, 0.1) is 11.3 Å². The quantitative estimate of drug-likeness (QED) is 0.491. The summed E-state index contributed by atoms with van der Waals surface area (Å²) in [7, 11) is 5.27. The number of aryl methyl sites for hydroxylation is 1. The van der Waals surface area contributed by atoms with Crippen molar-refractivity contribution < 1.29 is 4.79 Å². The monoisotopic (exact) mass is 503 g/mol. The first-order valence-corrected chi connectivity index (χ1v) is 13.0. The molecule has 1 aliphatic rings. The molecule has 0 N–H and O–H groups in total. The summed E-state index contributed by atoms with van der Waals surface area (Å²) in [6.07, 6.45) is 3.67. The number of pyridine rings is 1. The molecule has 1 saturated heterocycles. The molecule has 3 atom stereocenters. The standard InChI is InChI=1S/C28H37N7O2/c1-7-22-17-35(24-15-26(36)32(6)25-18-33(14-13-29)30-27(24)25)23(8-2)16-34(22)19(3)20-9-11-21(12-10-20)28(37)31(4)5/h9-12,15,18-19,22-23H,7-8,14,16-17H2,1-6H3/t19?,22-,23+/m1/s1. The van der Waals surface area contributed by atoms with Crippen molar-refractivity contribution in [1.29, 1.82) is 5.26 Å². The number of nitriles is 1. The molecule has 0 aliphatic carbocycles. The first kappa shape index (κ1) is 26.4. The summed E-state index contributed by atoms with van der Waals surface area (Å²) < 4.78 is 3.20. The predicted molar refractivity (Wildman–Crippen MR) is 146 cm³/mol. The van der Waals surface area contributed by atoms with Gasteiger partial charge in [-0.15, -0.1) is 0 Å². The fourth-order valence-electron chi connectivity index (χ4n) is 5.42. The Morgan fingerprint density at radius 2 is 1.84 bits per heavy atom. The number of piperazine rings is 1. The summed E-state index contributed by atoms with van der Waals surface area (Å²) in [5.74, 6) is 0.00262. The molecule has 3 aromatic rings. The summed E-state index contributed by atoms with van der Waals surface area (Å²) in [6, 6.07) is 12.5. The van der Waals surface area contributed by atoms with Gasteiger partial charge in [0.15, 0.2) is 0 Å². The van der Waals surface area contributed by atoms with Crippen molar-refractivity contribution in [2.24, 2.45) is 7.05 Å². The normalized spacial score (nSPS) is 19.1. The van der Waals surface area contributed by atoms with E-state index in [9.17, 15) is 9.59 Å². The van der Waals surface area contributed by atoms with Gasteiger partial charge in [-0.3, -0.25) is 19.2 Å². The third-order valence-electron chi connectivity index (χ3n) is 7.70. The smallest absolute Gasteiger partial charge is 0.253 e. The molecule has 3 heterocycles. The lowest BCUT2D eigenvalue weighted by atomic mass is 9.96. The van der Waals surface area contributed by atoms with Crippen molar-refractivity contribution in [3.8, 4) is 6.07 Å². The third kappa shape index (κ3) is 4.98. The lowest BCUT2D eigenvalue weighted by Crippen LogP contribution is -2.58. The molecule has 0 spiro atoms. The van der Waals surface area contributed by atoms with Crippen LogP contribution < -0.4 is 10.5 Å². The summed E-state index contributed by atoms with van der Waals surface area (Å²) in [6.45, 7) is 8.39. The molecular weight excluding hydrogens is 466 g/mol. The zero-order valence-electron chi connectivity index (χ0n) is 22.7. The van der Waals surface area contributed by atoms with E-state index < -0.39 is 0 Å². The average molecular weight is 504 g/mol. The molecule has 0 saturated carbocycles. The maximum absolute atomic E-state index is 12.9. The third-order valence-corrected chi connectivity index (χ3v) is 7.70. The molecule has 37 heavy (non-hydrogen) atoms. The van der Waals surface area contributed by atoms with E-state index in [1.165, 1.54) is 5.56 Å². The Labute approximate surface area is 218 Å².